The summed E-state index contributed by atoms with van der Waals surface area (Å²) in [5, 5.41) is 1.16. The van der Waals surface area contributed by atoms with Crippen molar-refractivity contribution in [3.8, 4) is 11.5 Å². The number of nitrogens with zero attached hydrogens (tertiary/aromatic N) is 2. The zero-order valence-corrected chi connectivity index (χ0v) is 18.7. The number of urea groups is 1. The van der Waals surface area contributed by atoms with Crippen molar-refractivity contribution in [1.29, 1.82) is 0 Å². The van der Waals surface area contributed by atoms with Gasteiger partial charge in [-0.3, -0.25) is 4.90 Å². The quantitative estimate of drug-likeness (QED) is 0.407. The fourth-order valence-corrected chi connectivity index (χ4v) is 4.34. The summed E-state index contributed by atoms with van der Waals surface area (Å²) in [4.78, 5) is 20.4. The van der Waals surface area contributed by atoms with Gasteiger partial charge in [0.05, 0.1) is 7.11 Å². The van der Waals surface area contributed by atoms with Crippen LogP contribution >= 0.6 is 0 Å². The molecule has 0 bridgehead atoms. The van der Waals surface area contributed by atoms with Crippen LogP contribution in [0.5, 0.6) is 11.5 Å². The Kier molecular flexibility index (Phi) is 5.89. The van der Waals surface area contributed by atoms with Gasteiger partial charge in [-0.25, -0.2) is 4.79 Å². The number of amides is 2. The zero-order chi connectivity index (χ0) is 22.6. The normalized spacial score (nSPS) is 14.0. The fraction of sp³-hybridized carbons (Fsp3) is 0.222. The van der Waals surface area contributed by atoms with Gasteiger partial charge >= 0.3 is 6.03 Å². The van der Waals surface area contributed by atoms with Crippen molar-refractivity contribution >= 4 is 22.6 Å². The van der Waals surface area contributed by atoms with Gasteiger partial charge in [0.25, 0.3) is 0 Å². The lowest BCUT2D eigenvalue weighted by molar-refractivity contribution is 0.192. The van der Waals surface area contributed by atoms with Crippen molar-refractivity contribution in [2.45, 2.75) is 19.6 Å². The molecule has 168 valence electrons. The number of carbonyl (C=O) groups excluding carboxylic acids is 1. The predicted molar refractivity (Wildman–Crippen MR) is 130 cm³/mol. The van der Waals surface area contributed by atoms with E-state index in [0.29, 0.717) is 31.2 Å². The van der Waals surface area contributed by atoms with Crippen molar-refractivity contribution < 1.29 is 14.3 Å². The SMILES string of the molecule is COc1ccc(N2CCCN(Cc3cccc4[nH]ccc34)C2=O)cc1OCc1ccccc1. The second kappa shape index (κ2) is 9.28. The number of hydrogen-bond donors (Lipinski definition) is 1. The summed E-state index contributed by atoms with van der Waals surface area (Å²) in [6, 6.07) is 23.9. The van der Waals surface area contributed by atoms with E-state index < -0.39 is 0 Å². The molecule has 2 heterocycles. The van der Waals surface area contributed by atoms with E-state index in [1.54, 1.807) is 7.11 Å². The van der Waals surface area contributed by atoms with Crippen LogP contribution in [0.3, 0.4) is 0 Å². The Morgan fingerprint density at radius 3 is 2.67 bits per heavy atom. The second-order valence-corrected chi connectivity index (χ2v) is 8.17. The molecule has 4 aromatic rings. The van der Waals surface area contributed by atoms with E-state index >= 15 is 0 Å². The van der Waals surface area contributed by atoms with E-state index in [2.05, 4.69) is 23.2 Å². The Bertz CT molecular complexity index is 1250. The number of anilines is 1. The van der Waals surface area contributed by atoms with Gasteiger partial charge in [-0.2, -0.15) is 0 Å². The minimum absolute atomic E-state index is 0.00737. The first-order valence-corrected chi connectivity index (χ1v) is 11.2. The third kappa shape index (κ3) is 4.37. The number of ether oxygens (including phenoxy) is 2. The molecule has 6 heteroatoms. The lowest BCUT2D eigenvalue weighted by Crippen LogP contribution is -2.49. The molecule has 0 saturated carbocycles. The van der Waals surface area contributed by atoms with Crippen LogP contribution < -0.4 is 14.4 Å². The van der Waals surface area contributed by atoms with Crippen LogP contribution in [-0.2, 0) is 13.2 Å². The molecule has 1 saturated heterocycles. The molecule has 1 aliphatic rings. The largest absolute Gasteiger partial charge is 0.493 e. The first kappa shape index (κ1) is 20.9. The van der Waals surface area contributed by atoms with Gasteiger partial charge in [0.15, 0.2) is 11.5 Å². The Morgan fingerprint density at radius 2 is 1.82 bits per heavy atom. The van der Waals surface area contributed by atoms with Gasteiger partial charge in [-0.1, -0.05) is 42.5 Å². The van der Waals surface area contributed by atoms with E-state index in [1.165, 1.54) is 0 Å². The smallest absolute Gasteiger partial charge is 0.324 e. The lowest BCUT2D eigenvalue weighted by atomic mass is 10.1. The van der Waals surface area contributed by atoms with Gasteiger partial charge in [0.1, 0.15) is 6.61 Å². The highest BCUT2D eigenvalue weighted by molar-refractivity contribution is 5.93. The predicted octanol–water partition coefficient (Wildman–Crippen LogP) is 5.59. The molecule has 6 nitrogen and oxygen atoms in total. The maximum absolute atomic E-state index is 13.4. The summed E-state index contributed by atoms with van der Waals surface area (Å²) in [5.74, 6) is 1.27. The van der Waals surface area contributed by atoms with Gasteiger partial charge in [0.2, 0.25) is 0 Å². The van der Waals surface area contributed by atoms with Crippen LogP contribution in [0.1, 0.15) is 17.5 Å². The molecule has 0 atom stereocenters. The van der Waals surface area contributed by atoms with E-state index in [4.69, 9.17) is 9.47 Å². The molecule has 0 radical (unpaired) electrons. The molecule has 5 rings (SSSR count). The van der Waals surface area contributed by atoms with Crippen molar-refractivity contribution in [2.75, 3.05) is 25.1 Å². The molecule has 1 N–H and O–H groups in total. The first-order valence-electron chi connectivity index (χ1n) is 11.2. The number of H-pyrrole nitrogens is 1. The topological polar surface area (TPSA) is 57.8 Å². The Hall–Kier alpha value is -3.93. The van der Waals surface area contributed by atoms with Gasteiger partial charge < -0.3 is 19.4 Å². The summed E-state index contributed by atoms with van der Waals surface area (Å²) in [6.07, 6.45) is 2.84. The molecule has 33 heavy (non-hydrogen) atoms. The standard InChI is InChI=1S/C27H27N3O3/c1-32-25-12-11-22(17-26(25)33-19-20-7-3-2-4-8-20)30-16-6-15-29(27(30)31)18-21-9-5-10-24-23(21)13-14-28-24/h2-5,7-14,17,28H,6,15-16,18-19H2,1H3. The van der Waals surface area contributed by atoms with Gasteiger partial charge in [-0.15, -0.1) is 0 Å². The minimum atomic E-state index is 0.00737. The van der Waals surface area contributed by atoms with Crippen LogP contribution in [0.15, 0.2) is 79.0 Å². The number of nitrogens with one attached hydrogen (secondary N) is 1. The fourth-order valence-electron chi connectivity index (χ4n) is 4.34. The second-order valence-electron chi connectivity index (χ2n) is 8.17. The van der Waals surface area contributed by atoms with E-state index in [1.807, 2.05) is 70.6 Å². The summed E-state index contributed by atoms with van der Waals surface area (Å²) < 4.78 is 11.6. The summed E-state index contributed by atoms with van der Waals surface area (Å²) >= 11 is 0. The Balaban J connectivity index is 1.35. The molecule has 0 unspecified atom stereocenters. The number of fused-ring (bicyclic) bond motifs is 1. The lowest BCUT2D eigenvalue weighted by Gasteiger charge is -2.36. The number of benzene rings is 3. The molecule has 1 aromatic heterocycles. The minimum Gasteiger partial charge on any atom is -0.493 e. The van der Waals surface area contributed by atoms with E-state index in [9.17, 15) is 4.79 Å². The maximum Gasteiger partial charge on any atom is 0.324 e. The van der Waals surface area contributed by atoms with Crippen molar-refractivity contribution in [3.63, 3.8) is 0 Å². The van der Waals surface area contributed by atoms with E-state index in [-0.39, 0.29) is 6.03 Å². The third-order valence-electron chi connectivity index (χ3n) is 6.05. The van der Waals surface area contributed by atoms with Crippen LogP contribution in [-0.4, -0.2) is 36.1 Å². The molecule has 0 spiro atoms. The molecule has 2 amide bonds. The number of aromatic nitrogens is 1. The Labute approximate surface area is 193 Å². The molecule has 1 fully saturated rings. The van der Waals surface area contributed by atoms with Crippen molar-refractivity contribution in [1.82, 2.24) is 9.88 Å². The molecule has 1 aliphatic heterocycles. The van der Waals surface area contributed by atoms with Crippen LogP contribution in [0, 0.1) is 0 Å². The first-order chi connectivity index (χ1) is 16.2. The number of rotatable bonds is 7. The van der Waals surface area contributed by atoms with Gasteiger partial charge in [0, 0.05) is 48.5 Å². The number of aromatic amines is 1. The highest BCUT2D eigenvalue weighted by Gasteiger charge is 2.28. The van der Waals surface area contributed by atoms with Crippen molar-refractivity contribution in [2.24, 2.45) is 0 Å². The highest BCUT2D eigenvalue weighted by atomic mass is 16.5. The van der Waals surface area contributed by atoms with E-state index in [0.717, 1.165) is 40.7 Å². The monoisotopic (exact) mass is 441 g/mol. The molecule has 0 aliphatic carbocycles. The summed E-state index contributed by atoms with van der Waals surface area (Å²) in [5.41, 5.74) is 4.12. The van der Waals surface area contributed by atoms with Crippen LogP contribution in [0.4, 0.5) is 10.5 Å². The number of methoxy groups -OCH3 is 1. The number of carbonyl (C=O) groups is 1. The van der Waals surface area contributed by atoms with Crippen LogP contribution in [0.25, 0.3) is 10.9 Å². The Morgan fingerprint density at radius 1 is 0.939 bits per heavy atom. The van der Waals surface area contributed by atoms with Crippen LogP contribution in [0.2, 0.25) is 0 Å². The summed E-state index contributed by atoms with van der Waals surface area (Å²) in [6.45, 7) is 2.43. The highest BCUT2D eigenvalue weighted by Crippen LogP contribution is 2.34. The average molecular weight is 442 g/mol. The number of hydrogen-bond acceptors (Lipinski definition) is 3. The van der Waals surface area contributed by atoms with Crippen molar-refractivity contribution in [3.05, 3.63) is 90.1 Å². The zero-order valence-electron chi connectivity index (χ0n) is 18.7. The molecule has 3 aromatic carbocycles. The molecular weight excluding hydrogens is 414 g/mol. The third-order valence-corrected chi connectivity index (χ3v) is 6.05. The average Bonchev–Trinajstić information content (AvgIpc) is 3.34. The van der Waals surface area contributed by atoms with Gasteiger partial charge in [-0.05, 0) is 41.8 Å². The summed E-state index contributed by atoms with van der Waals surface area (Å²) in [7, 11) is 1.62. The molecular formula is C27H27N3O3. The maximum atomic E-state index is 13.4.